The molecule has 96 valence electrons. The third-order valence-electron chi connectivity index (χ3n) is 3.05. The van der Waals surface area contributed by atoms with Gasteiger partial charge in [-0.05, 0) is 37.8 Å². The number of hydrogen-bond donors (Lipinski definition) is 1. The van der Waals surface area contributed by atoms with Crippen LogP contribution in [0.15, 0.2) is 12.1 Å². The van der Waals surface area contributed by atoms with Crippen LogP contribution >= 0.6 is 0 Å². The van der Waals surface area contributed by atoms with Gasteiger partial charge in [-0.1, -0.05) is 19.9 Å². The zero-order chi connectivity index (χ0) is 13.0. The van der Waals surface area contributed by atoms with E-state index in [1.807, 2.05) is 6.07 Å². The fraction of sp³-hybridized carbons (Fsp3) is 0.571. The standard InChI is InChI=1S/C14H23FN2/c1-5-17(9-8-10(2)3)12-7-6-11(4)13(15)14(12)16/h6-7,10H,5,8-9,16H2,1-4H3. The Morgan fingerprint density at radius 1 is 1.35 bits per heavy atom. The molecular formula is C14H23FN2. The van der Waals surface area contributed by atoms with Gasteiger partial charge in [-0.3, -0.25) is 0 Å². The molecule has 2 nitrogen and oxygen atoms in total. The van der Waals surface area contributed by atoms with E-state index in [2.05, 4.69) is 25.7 Å². The number of rotatable bonds is 5. The first-order chi connectivity index (χ1) is 7.97. The normalized spacial score (nSPS) is 10.9. The molecule has 0 aliphatic rings. The Morgan fingerprint density at radius 2 is 2.00 bits per heavy atom. The lowest BCUT2D eigenvalue weighted by molar-refractivity contribution is 0.575. The summed E-state index contributed by atoms with van der Waals surface area (Å²) in [7, 11) is 0. The molecule has 1 rings (SSSR count). The molecule has 3 heteroatoms. The first-order valence-corrected chi connectivity index (χ1v) is 6.26. The van der Waals surface area contributed by atoms with E-state index in [4.69, 9.17) is 5.73 Å². The van der Waals surface area contributed by atoms with Crippen LogP contribution in [0.25, 0.3) is 0 Å². The lowest BCUT2D eigenvalue weighted by atomic mass is 10.1. The van der Waals surface area contributed by atoms with Crippen molar-refractivity contribution in [2.45, 2.75) is 34.1 Å². The third-order valence-corrected chi connectivity index (χ3v) is 3.05. The van der Waals surface area contributed by atoms with Crippen LogP contribution in [0.4, 0.5) is 15.8 Å². The number of aryl methyl sites for hydroxylation is 1. The molecule has 0 atom stereocenters. The maximum Gasteiger partial charge on any atom is 0.151 e. The van der Waals surface area contributed by atoms with Gasteiger partial charge in [-0.25, -0.2) is 4.39 Å². The fourth-order valence-electron chi connectivity index (χ4n) is 1.83. The van der Waals surface area contributed by atoms with Gasteiger partial charge in [0.2, 0.25) is 0 Å². The summed E-state index contributed by atoms with van der Waals surface area (Å²) in [6.07, 6.45) is 1.09. The Balaban J connectivity index is 2.92. The van der Waals surface area contributed by atoms with Crippen molar-refractivity contribution in [3.63, 3.8) is 0 Å². The summed E-state index contributed by atoms with van der Waals surface area (Å²) in [4.78, 5) is 2.14. The van der Waals surface area contributed by atoms with E-state index in [-0.39, 0.29) is 11.5 Å². The van der Waals surface area contributed by atoms with Gasteiger partial charge in [0.15, 0.2) is 5.82 Å². The molecule has 0 saturated heterocycles. The van der Waals surface area contributed by atoms with Gasteiger partial charge < -0.3 is 10.6 Å². The van der Waals surface area contributed by atoms with Crippen LogP contribution in [-0.2, 0) is 0 Å². The van der Waals surface area contributed by atoms with Crippen LogP contribution in [0.2, 0.25) is 0 Å². The lowest BCUT2D eigenvalue weighted by Gasteiger charge is -2.26. The fourth-order valence-corrected chi connectivity index (χ4v) is 1.83. The van der Waals surface area contributed by atoms with Crippen LogP contribution in [-0.4, -0.2) is 13.1 Å². The number of benzene rings is 1. The topological polar surface area (TPSA) is 29.3 Å². The highest BCUT2D eigenvalue weighted by atomic mass is 19.1. The predicted octanol–water partition coefficient (Wildman–Crippen LogP) is 3.59. The van der Waals surface area contributed by atoms with E-state index in [0.717, 1.165) is 25.2 Å². The summed E-state index contributed by atoms with van der Waals surface area (Å²) in [6.45, 7) is 9.94. The van der Waals surface area contributed by atoms with Crippen LogP contribution < -0.4 is 10.6 Å². The highest BCUT2D eigenvalue weighted by Gasteiger charge is 2.13. The van der Waals surface area contributed by atoms with E-state index in [9.17, 15) is 4.39 Å². The number of nitrogens with two attached hydrogens (primary N) is 1. The molecule has 0 bridgehead atoms. The molecule has 1 aromatic carbocycles. The van der Waals surface area contributed by atoms with Crippen molar-refractivity contribution in [2.75, 3.05) is 23.7 Å². The molecule has 0 spiro atoms. The number of nitrogen functional groups attached to an aromatic ring is 1. The lowest BCUT2D eigenvalue weighted by Crippen LogP contribution is -2.26. The maximum atomic E-state index is 13.7. The zero-order valence-electron chi connectivity index (χ0n) is 11.3. The molecule has 0 saturated carbocycles. The molecule has 17 heavy (non-hydrogen) atoms. The third kappa shape index (κ3) is 3.35. The van der Waals surface area contributed by atoms with Crippen molar-refractivity contribution in [1.82, 2.24) is 0 Å². The summed E-state index contributed by atoms with van der Waals surface area (Å²) in [5.41, 5.74) is 7.54. The van der Waals surface area contributed by atoms with Gasteiger partial charge in [0, 0.05) is 13.1 Å². The zero-order valence-corrected chi connectivity index (χ0v) is 11.3. The Hall–Kier alpha value is -1.25. The molecule has 0 fully saturated rings. The number of halogens is 1. The minimum absolute atomic E-state index is 0.274. The van der Waals surface area contributed by atoms with E-state index in [1.165, 1.54) is 0 Å². The second-order valence-electron chi connectivity index (χ2n) is 4.89. The summed E-state index contributed by atoms with van der Waals surface area (Å²) in [5, 5.41) is 0. The van der Waals surface area contributed by atoms with Crippen LogP contribution in [0.1, 0.15) is 32.8 Å². The maximum absolute atomic E-state index is 13.7. The minimum atomic E-state index is -0.287. The van der Waals surface area contributed by atoms with Gasteiger partial charge in [0.25, 0.3) is 0 Å². The van der Waals surface area contributed by atoms with Crippen molar-refractivity contribution in [2.24, 2.45) is 5.92 Å². The van der Waals surface area contributed by atoms with E-state index >= 15 is 0 Å². The molecular weight excluding hydrogens is 215 g/mol. The molecule has 1 aromatic rings. The second kappa shape index (κ2) is 5.89. The quantitative estimate of drug-likeness (QED) is 0.794. The molecule has 0 amide bonds. The number of nitrogens with zero attached hydrogens (tertiary/aromatic N) is 1. The van der Waals surface area contributed by atoms with Gasteiger partial charge in [0.05, 0.1) is 11.4 Å². The van der Waals surface area contributed by atoms with Crippen LogP contribution in [0.3, 0.4) is 0 Å². The van der Waals surface area contributed by atoms with Gasteiger partial charge in [-0.15, -0.1) is 0 Å². The van der Waals surface area contributed by atoms with Crippen molar-refractivity contribution in [1.29, 1.82) is 0 Å². The average Bonchev–Trinajstić information content (AvgIpc) is 2.29. The van der Waals surface area contributed by atoms with E-state index in [0.29, 0.717) is 11.5 Å². The SMILES string of the molecule is CCN(CCC(C)C)c1ccc(C)c(F)c1N. The smallest absolute Gasteiger partial charge is 0.151 e. The molecule has 0 radical (unpaired) electrons. The van der Waals surface area contributed by atoms with Crippen molar-refractivity contribution in [3.05, 3.63) is 23.5 Å². The molecule has 0 aliphatic carbocycles. The van der Waals surface area contributed by atoms with Crippen molar-refractivity contribution in [3.8, 4) is 0 Å². The summed E-state index contributed by atoms with van der Waals surface area (Å²) < 4.78 is 13.7. The Kier molecular flexibility index (Phi) is 4.79. The Bertz CT molecular complexity index is 375. The van der Waals surface area contributed by atoms with E-state index in [1.54, 1.807) is 13.0 Å². The first-order valence-electron chi connectivity index (χ1n) is 6.26. The van der Waals surface area contributed by atoms with Crippen LogP contribution in [0.5, 0.6) is 0 Å². The number of hydrogen-bond acceptors (Lipinski definition) is 2. The van der Waals surface area contributed by atoms with Gasteiger partial charge in [-0.2, -0.15) is 0 Å². The molecule has 0 unspecified atom stereocenters. The second-order valence-corrected chi connectivity index (χ2v) is 4.89. The highest BCUT2D eigenvalue weighted by Crippen LogP contribution is 2.28. The summed E-state index contributed by atoms with van der Waals surface area (Å²) in [6, 6.07) is 3.70. The Labute approximate surface area is 104 Å². The number of anilines is 2. The van der Waals surface area contributed by atoms with Gasteiger partial charge in [0.1, 0.15) is 0 Å². The largest absolute Gasteiger partial charge is 0.395 e. The molecule has 0 aliphatic heterocycles. The molecule has 0 aromatic heterocycles. The summed E-state index contributed by atoms with van der Waals surface area (Å²) in [5.74, 6) is 0.353. The summed E-state index contributed by atoms with van der Waals surface area (Å²) >= 11 is 0. The van der Waals surface area contributed by atoms with Crippen LogP contribution in [0, 0.1) is 18.7 Å². The van der Waals surface area contributed by atoms with Gasteiger partial charge >= 0.3 is 0 Å². The average molecular weight is 238 g/mol. The minimum Gasteiger partial charge on any atom is -0.395 e. The monoisotopic (exact) mass is 238 g/mol. The van der Waals surface area contributed by atoms with Crippen molar-refractivity contribution < 1.29 is 4.39 Å². The highest BCUT2D eigenvalue weighted by molar-refractivity contribution is 5.69. The van der Waals surface area contributed by atoms with Crippen molar-refractivity contribution >= 4 is 11.4 Å². The first kappa shape index (κ1) is 13.8. The Morgan fingerprint density at radius 3 is 2.53 bits per heavy atom. The molecule has 2 N–H and O–H groups in total. The van der Waals surface area contributed by atoms with E-state index < -0.39 is 0 Å². The molecule has 0 heterocycles. The predicted molar refractivity (Wildman–Crippen MR) is 72.9 cm³/mol.